The largest absolute Gasteiger partial charge is 0.367 e. The molecular weight excluding hydrogens is 451 g/mol. The smallest absolute Gasteiger partial charge is 0.221 e. The number of carbonyl (C=O) groups is 1. The number of hydrogen-bond acceptors (Lipinski definition) is 6. The van der Waals surface area contributed by atoms with Gasteiger partial charge in [0.25, 0.3) is 0 Å². The monoisotopic (exact) mass is 474 g/mol. The van der Waals surface area contributed by atoms with E-state index in [1.165, 1.54) is 14.2 Å². The van der Waals surface area contributed by atoms with Crippen molar-refractivity contribution in [2.75, 3.05) is 14.2 Å². The van der Waals surface area contributed by atoms with Gasteiger partial charge in [-0.3, -0.25) is 4.79 Å². The average molecular weight is 474 g/mol. The molecule has 2 aliphatic rings. The van der Waals surface area contributed by atoms with Gasteiger partial charge >= 0.3 is 0 Å². The molecule has 3 rings (SSSR count). The molecule has 1 aliphatic heterocycles. The van der Waals surface area contributed by atoms with Gasteiger partial charge in [-0.2, -0.15) is 0 Å². The summed E-state index contributed by atoms with van der Waals surface area (Å²) in [4.78, 5) is 12.6. The number of halogens is 1. The maximum atomic E-state index is 12.6. The maximum Gasteiger partial charge on any atom is 0.221 e. The highest BCUT2D eigenvalue weighted by molar-refractivity contribution is 14.1. The second-order valence-corrected chi connectivity index (χ2v) is 7.72. The molecule has 6 nitrogen and oxygen atoms in total. The summed E-state index contributed by atoms with van der Waals surface area (Å²) in [6.45, 7) is 3.83. The quantitative estimate of drug-likeness (QED) is 0.612. The number of rotatable bonds is 5. The summed E-state index contributed by atoms with van der Waals surface area (Å²) in [6, 6.07) is 9.84. The number of benzene rings is 1. The van der Waals surface area contributed by atoms with Gasteiger partial charge < -0.3 is 23.7 Å². The standard InChI is InChI=1S/C19H23IO6/c1-18(22-3)19(2,23-4)26-17-15(21)13(20)10-14(16(17)25-18)24-11-12-8-6-5-7-9-12/h5-10,14,16-17H,11H2,1-4H3/t14-,16-,17-,18+,19+/m1/s1. The lowest BCUT2D eigenvalue weighted by Gasteiger charge is -2.53. The zero-order valence-corrected chi connectivity index (χ0v) is 17.4. The molecular formula is C19H23IO6. The molecule has 0 saturated carbocycles. The molecule has 26 heavy (non-hydrogen) atoms. The van der Waals surface area contributed by atoms with E-state index in [4.69, 9.17) is 23.7 Å². The summed E-state index contributed by atoms with van der Waals surface area (Å²) in [6.07, 6.45) is -0.110. The molecule has 0 unspecified atom stereocenters. The number of Topliss-reactive ketones (excluding diaryl/α,β-unsaturated/α-hetero) is 1. The van der Waals surface area contributed by atoms with Crippen LogP contribution in [0.25, 0.3) is 0 Å². The number of ketones is 1. The first-order chi connectivity index (χ1) is 12.3. The van der Waals surface area contributed by atoms with Crippen molar-refractivity contribution >= 4 is 28.4 Å². The van der Waals surface area contributed by atoms with E-state index in [0.717, 1.165) is 5.56 Å². The van der Waals surface area contributed by atoms with Crippen LogP contribution in [0.15, 0.2) is 40.0 Å². The Bertz CT molecular complexity index is 693. The van der Waals surface area contributed by atoms with Gasteiger partial charge in [0.05, 0.1) is 10.2 Å². The molecule has 1 fully saturated rings. The second kappa shape index (κ2) is 7.65. The fraction of sp³-hybridized carbons (Fsp3) is 0.526. The molecule has 1 aromatic carbocycles. The van der Waals surface area contributed by atoms with E-state index >= 15 is 0 Å². The third-order valence-corrected chi connectivity index (χ3v) is 5.92. The molecule has 0 radical (unpaired) electrons. The lowest BCUT2D eigenvalue weighted by molar-refractivity contribution is -0.447. The first kappa shape index (κ1) is 19.9. The van der Waals surface area contributed by atoms with E-state index in [0.29, 0.717) is 10.2 Å². The lowest BCUT2D eigenvalue weighted by Crippen LogP contribution is -2.69. The maximum absolute atomic E-state index is 12.6. The fourth-order valence-corrected chi connectivity index (χ4v) is 3.78. The lowest BCUT2D eigenvalue weighted by atomic mass is 9.93. The summed E-state index contributed by atoms with van der Waals surface area (Å²) < 4.78 is 29.9. The van der Waals surface area contributed by atoms with E-state index in [1.54, 1.807) is 19.9 Å². The molecule has 7 heteroatoms. The topological polar surface area (TPSA) is 63.2 Å². The molecule has 0 N–H and O–H groups in total. The molecule has 1 aliphatic carbocycles. The van der Waals surface area contributed by atoms with E-state index in [2.05, 4.69) is 0 Å². The van der Waals surface area contributed by atoms with Gasteiger partial charge in [0, 0.05) is 14.2 Å². The van der Waals surface area contributed by atoms with Crippen molar-refractivity contribution in [3.8, 4) is 0 Å². The third kappa shape index (κ3) is 3.48. The molecule has 1 aromatic rings. The molecule has 1 saturated heterocycles. The van der Waals surface area contributed by atoms with E-state index < -0.39 is 29.9 Å². The first-order valence-electron chi connectivity index (χ1n) is 8.36. The van der Waals surface area contributed by atoms with Gasteiger partial charge in [0.2, 0.25) is 11.6 Å². The molecule has 142 valence electrons. The van der Waals surface area contributed by atoms with Crippen LogP contribution in [0.1, 0.15) is 19.4 Å². The minimum absolute atomic E-state index is 0.142. The Kier molecular flexibility index (Phi) is 5.86. The van der Waals surface area contributed by atoms with Gasteiger partial charge in [0.15, 0.2) is 11.9 Å². The van der Waals surface area contributed by atoms with Crippen molar-refractivity contribution in [3.63, 3.8) is 0 Å². The minimum Gasteiger partial charge on any atom is -0.367 e. The van der Waals surface area contributed by atoms with Crippen LogP contribution >= 0.6 is 22.6 Å². The Balaban J connectivity index is 1.86. The molecule has 1 heterocycles. The SMILES string of the molecule is CO[C@@]1(C)O[C@H]2[C@H](O[C@]1(C)OC)C(=O)C(I)=C[C@H]2OCc1ccccc1. The van der Waals surface area contributed by atoms with E-state index in [9.17, 15) is 4.79 Å². The summed E-state index contributed by atoms with van der Waals surface area (Å²) >= 11 is 2.01. The van der Waals surface area contributed by atoms with E-state index in [1.807, 2.05) is 52.9 Å². The second-order valence-electron chi connectivity index (χ2n) is 6.56. The zero-order chi connectivity index (χ0) is 18.9. The van der Waals surface area contributed by atoms with Crippen molar-refractivity contribution in [1.29, 1.82) is 0 Å². The zero-order valence-electron chi connectivity index (χ0n) is 15.2. The van der Waals surface area contributed by atoms with Crippen molar-refractivity contribution in [2.45, 2.75) is 50.3 Å². The molecule has 5 atom stereocenters. The van der Waals surface area contributed by atoms with Crippen LogP contribution in [-0.2, 0) is 35.1 Å². The Morgan fingerprint density at radius 1 is 1.08 bits per heavy atom. The Morgan fingerprint density at radius 2 is 1.69 bits per heavy atom. The first-order valence-corrected chi connectivity index (χ1v) is 9.44. The number of hydrogen-bond donors (Lipinski definition) is 0. The van der Waals surface area contributed by atoms with E-state index in [-0.39, 0.29) is 5.78 Å². The van der Waals surface area contributed by atoms with Gasteiger partial charge in [0.1, 0.15) is 12.2 Å². The fourth-order valence-electron chi connectivity index (χ4n) is 3.12. The van der Waals surface area contributed by atoms with Crippen LogP contribution in [0.3, 0.4) is 0 Å². The van der Waals surface area contributed by atoms with Crippen LogP contribution in [0.4, 0.5) is 0 Å². The predicted octanol–water partition coefficient (Wildman–Crippen LogP) is 2.98. The molecule has 0 aromatic heterocycles. The summed E-state index contributed by atoms with van der Waals surface area (Å²) in [5, 5.41) is 0. The summed E-state index contributed by atoms with van der Waals surface area (Å²) in [5.41, 5.74) is 1.04. The highest BCUT2D eigenvalue weighted by Gasteiger charge is 2.60. The predicted molar refractivity (Wildman–Crippen MR) is 103 cm³/mol. The molecule has 0 amide bonds. The van der Waals surface area contributed by atoms with Crippen LogP contribution < -0.4 is 0 Å². The Hall–Kier alpha value is -0.840. The summed E-state index contributed by atoms with van der Waals surface area (Å²) in [7, 11) is 3.02. The Morgan fingerprint density at radius 3 is 2.31 bits per heavy atom. The van der Waals surface area contributed by atoms with Crippen molar-refractivity contribution in [1.82, 2.24) is 0 Å². The highest BCUT2D eigenvalue weighted by Crippen LogP contribution is 2.43. The van der Waals surface area contributed by atoms with Gasteiger partial charge in [-0.15, -0.1) is 0 Å². The molecule has 0 spiro atoms. The van der Waals surface area contributed by atoms with Crippen molar-refractivity contribution in [3.05, 3.63) is 45.6 Å². The number of carbonyl (C=O) groups excluding carboxylic acids is 1. The van der Waals surface area contributed by atoms with Gasteiger partial charge in [-0.1, -0.05) is 30.3 Å². The number of fused-ring (bicyclic) bond motifs is 1. The van der Waals surface area contributed by atoms with Crippen LogP contribution in [0.2, 0.25) is 0 Å². The van der Waals surface area contributed by atoms with Crippen LogP contribution in [0, 0.1) is 0 Å². The van der Waals surface area contributed by atoms with Crippen LogP contribution in [0.5, 0.6) is 0 Å². The number of methoxy groups -OCH3 is 2. The summed E-state index contributed by atoms with van der Waals surface area (Å²) in [5.74, 6) is -2.55. The van der Waals surface area contributed by atoms with Crippen molar-refractivity contribution in [2.24, 2.45) is 0 Å². The average Bonchev–Trinajstić information content (AvgIpc) is 2.66. The Labute approximate surface area is 166 Å². The van der Waals surface area contributed by atoms with Crippen molar-refractivity contribution < 1.29 is 28.5 Å². The van der Waals surface area contributed by atoms with Crippen LogP contribution in [-0.4, -0.2) is 49.9 Å². The minimum atomic E-state index is -1.23. The van der Waals surface area contributed by atoms with Gasteiger partial charge in [-0.05, 0) is 48.1 Å². The molecule has 0 bridgehead atoms. The third-order valence-electron chi connectivity index (χ3n) is 5.03. The normalized spacial score (nSPS) is 37.2. The van der Waals surface area contributed by atoms with Gasteiger partial charge in [-0.25, -0.2) is 0 Å². The number of ether oxygens (including phenoxy) is 5. The highest BCUT2D eigenvalue weighted by atomic mass is 127.